The Hall–Kier alpha value is -1.77. The van der Waals surface area contributed by atoms with Gasteiger partial charge in [-0.15, -0.1) is 0 Å². The van der Waals surface area contributed by atoms with Crippen molar-refractivity contribution in [3.05, 3.63) is 57.8 Å². The second kappa shape index (κ2) is 4.62. The predicted octanol–water partition coefficient (Wildman–Crippen LogP) is 2.28. The maximum absolute atomic E-state index is 11.6. The molecule has 2 aromatic heterocycles. The fourth-order valence-corrected chi connectivity index (χ4v) is 2.02. The van der Waals surface area contributed by atoms with Crippen molar-refractivity contribution >= 4 is 0 Å². The molecule has 3 heteroatoms. The van der Waals surface area contributed by atoms with Crippen LogP contribution < -0.4 is 5.56 Å². The summed E-state index contributed by atoms with van der Waals surface area (Å²) in [5.74, 6) is 0. The predicted molar refractivity (Wildman–Crippen MR) is 69.3 cm³/mol. The Morgan fingerprint density at radius 3 is 2.35 bits per heavy atom. The largest absolute Gasteiger partial charge is 0.349 e. The fourth-order valence-electron chi connectivity index (χ4n) is 2.02. The van der Waals surface area contributed by atoms with Crippen LogP contribution in [0.25, 0.3) is 0 Å². The van der Waals surface area contributed by atoms with E-state index in [4.69, 9.17) is 0 Å². The van der Waals surface area contributed by atoms with E-state index in [-0.39, 0.29) is 5.56 Å². The first-order valence-electron chi connectivity index (χ1n) is 5.88. The Balaban J connectivity index is 2.16. The summed E-state index contributed by atoms with van der Waals surface area (Å²) < 4.78 is 3.95. The number of aryl methyl sites for hydroxylation is 3. The molecule has 0 fully saturated rings. The minimum absolute atomic E-state index is 0.0609. The highest BCUT2D eigenvalue weighted by molar-refractivity contribution is 5.28. The fraction of sp³-hybridized carbons (Fsp3) is 0.357. The van der Waals surface area contributed by atoms with Crippen LogP contribution in [0.4, 0.5) is 0 Å². The van der Waals surface area contributed by atoms with Gasteiger partial charge in [0.2, 0.25) is 0 Å². The van der Waals surface area contributed by atoms with Gasteiger partial charge in [-0.2, -0.15) is 0 Å². The second-order valence-electron chi connectivity index (χ2n) is 4.45. The third-order valence-corrected chi connectivity index (χ3v) is 3.40. The molecule has 2 heterocycles. The Labute approximate surface area is 101 Å². The summed E-state index contributed by atoms with van der Waals surface area (Å²) in [6.45, 7) is 7.93. The monoisotopic (exact) mass is 230 g/mol. The lowest BCUT2D eigenvalue weighted by Crippen LogP contribution is -2.20. The van der Waals surface area contributed by atoms with E-state index in [1.54, 1.807) is 16.7 Å². The molecule has 0 amide bonds. The molecule has 3 nitrogen and oxygen atoms in total. The topological polar surface area (TPSA) is 26.9 Å². The molecule has 0 atom stereocenters. The average Bonchev–Trinajstić information content (AvgIpc) is 2.56. The van der Waals surface area contributed by atoms with Crippen molar-refractivity contribution in [1.29, 1.82) is 0 Å². The molecular formula is C14H18N2O. The van der Waals surface area contributed by atoms with Gasteiger partial charge in [-0.1, -0.05) is 6.07 Å². The minimum Gasteiger partial charge on any atom is -0.349 e. The van der Waals surface area contributed by atoms with Crippen molar-refractivity contribution in [3.8, 4) is 0 Å². The van der Waals surface area contributed by atoms with Crippen LogP contribution in [0, 0.1) is 20.8 Å². The van der Waals surface area contributed by atoms with Crippen LogP contribution in [-0.4, -0.2) is 9.13 Å². The Bertz CT molecular complexity index is 578. The van der Waals surface area contributed by atoms with Crippen molar-refractivity contribution in [2.75, 3.05) is 0 Å². The lowest BCUT2D eigenvalue weighted by molar-refractivity contribution is 0.558. The average molecular weight is 230 g/mol. The van der Waals surface area contributed by atoms with Gasteiger partial charge in [-0.3, -0.25) is 4.79 Å². The second-order valence-corrected chi connectivity index (χ2v) is 4.45. The molecule has 0 aromatic carbocycles. The van der Waals surface area contributed by atoms with Crippen LogP contribution >= 0.6 is 0 Å². The molecule has 2 rings (SSSR count). The van der Waals surface area contributed by atoms with Gasteiger partial charge in [0.1, 0.15) is 0 Å². The van der Waals surface area contributed by atoms with Crippen molar-refractivity contribution in [1.82, 2.24) is 9.13 Å². The van der Waals surface area contributed by atoms with E-state index < -0.39 is 0 Å². The summed E-state index contributed by atoms with van der Waals surface area (Å²) in [5.41, 5.74) is 3.99. The van der Waals surface area contributed by atoms with E-state index in [2.05, 4.69) is 31.5 Å². The van der Waals surface area contributed by atoms with Crippen LogP contribution in [-0.2, 0) is 13.1 Å². The molecule has 17 heavy (non-hydrogen) atoms. The minimum atomic E-state index is 0.0609. The molecule has 90 valence electrons. The first-order valence-corrected chi connectivity index (χ1v) is 5.88. The zero-order valence-corrected chi connectivity index (χ0v) is 10.6. The highest BCUT2D eigenvalue weighted by atomic mass is 16.1. The lowest BCUT2D eigenvalue weighted by atomic mass is 10.2. The smallest absolute Gasteiger partial charge is 0.250 e. The van der Waals surface area contributed by atoms with E-state index >= 15 is 0 Å². The van der Waals surface area contributed by atoms with E-state index in [1.807, 2.05) is 12.3 Å². The Kier molecular flexibility index (Phi) is 3.18. The third-order valence-electron chi connectivity index (χ3n) is 3.40. The molecule has 0 saturated heterocycles. The van der Waals surface area contributed by atoms with Gasteiger partial charge in [-0.05, 0) is 38.0 Å². The first-order chi connectivity index (χ1) is 8.09. The van der Waals surface area contributed by atoms with Crippen LogP contribution in [0.5, 0.6) is 0 Å². The van der Waals surface area contributed by atoms with Crippen LogP contribution in [0.2, 0.25) is 0 Å². The molecule has 0 aliphatic heterocycles. The van der Waals surface area contributed by atoms with Crippen LogP contribution in [0.15, 0.2) is 35.4 Å². The standard InChI is InChI=1S/C14H18N2O/c1-11-10-16(13(3)12(11)2)9-8-15-7-5-4-6-14(15)17/h4-7,10H,8-9H2,1-3H3. The molecule has 0 N–H and O–H groups in total. The lowest BCUT2D eigenvalue weighted by Gasteiger charge is -2.08. The molecule has 0 bridgehead atoms. The van der Waals surface area contributed by atoms with E-state index in [9.17, 15) is 4.79 Å². The molecule has 0 saturated carbocycles. The summed E-state index contributed by atoms with van der Waals surface area (Å²) in [4.78, 5) is 11.6. The summed E-state index contributed by atoms with van der Waals surface area (Å²) >= 11 is 0. The summed E-state index contributed by atoms with van der Waals surface area (Å²) in [6, 6.07) is 5.26. The summed E-state index contributed by atoms with van der Waals surface area (Å²) in [5, 5.41) is 0. The number of hydrogen-bond donors (Lipinski definition) is 0. The highest BCUT2D eigenvalue weighted by Crippen LogP contribution is 2.14. The van der Waals surface area contributed by atoms with Gasteiger partial charge in [0.25, 0.3) is 5.56 Å². The van der Waals surface area contributed by atoms with E-state index in [0.29, 0.717) is 6.54 Å². The van der Waals surface area contributed by atoms with Gasteiger partial charge < -0.3 is 9.13 Å². The van der Waals surface area contributed by atoms with Crippen molar-refractivity contribution in [2.24, 2.45) is 0 Å². The Morgan fingerprint density at radius 1 is 1.06 bits per heavy atom. The van der Waals surface area contributed by atoms with Crippen molar-refractivity contribution < 1.29 is 0 Å². The highest BCUT2D eigenvalue weighted by Gasteiger charge is 2.04. The number of pyridine rings is 1. The number of hydrogen-bond acceptors (Lipinski definition) is 1. The molecule has 0 unspecified atom stereocenters. The SMILES string of the molecule is Cc1cn(CCn2ccccc2=O)c(C)c1C. The molecule has 0 aliphatic carbocycles. The normalized spacial score (nSPS) is 10.8. The molecule has 2 aromatic rings. The maximum atomic E-state index is 11.6. The van der Waals surface area contributed by atoms with Gasteiger partial charge in [0, 0.05) is 37.2 Å². The molecular weight excluding hydrogens is 212 g/mol. The molecule has 0 aliphatic rings. The molecule has 0 radical (unpaired) electrons. The quantitative estimate of drug-likeness (QED) is 0.794. The summed E-state index contributed by atoms with van der Waals surface area (Å²) in [6.07, 6.45) is 3.99. The number of aromatic nitrogens is 2. The van der Waals surface area contributed by atoms with Gasteiger partial charge in [0.05, 0.1) is 0 Å². The number of rotatable bonds is 3. The van der Waals surface area contributed by atoms with Crippen LogP contribution in [0.1, 0.15) is 16.8 Å². The third kappa shape index (κ3) is 2.33. The van der Waals surface area contributed by atoms with Crippen molar-refractivity contribution in [2.45, 2.75) is 33.9 Å². The van der Waals surface area contributed by atoms with E-state index in [0.717, 1.165) is 6.54 Å². The Morgan fingerprint density at radius 2 is 1.76 bits per heavy atom. The first kappa shape index (κ1) is 11.7. The number of nitrogens with zero attached hydrogens (tertiary/aromatic N) is 2. The maximum Gasteiger partial charge on any atom is 0.250 e. The van der Waals surface area contributed by atoms with Gasteiger partial charge in [-0.25, -0.2) is 0 Å². The van der Waals surface area contributed by atoms with Crippen LogP contribution in [0.3, 0.4) is 0 Å². The van der Waals surface area contributed by atoms with E-state index in [1.165, 1.54) is 16.8 Å². The van der Waals surface area contributed by atoms with Gasteiger partial charge in [0.15, 0.2) is 0 Å². The zero-order chi connectivity index (χ0) is 12.4. The molecule has 0 spiro atoms. The zero-order valence-electron chi connectivity index (χ0n) is 10.6. The van der Waals surface area contributed by atoms with Crippen molar-refractivity contribution in [3.63, 3.8) is 0 Å². The summed E-state index contributed by atoms with van der Waals surface area (Å²) in [7, 11) is 0. The van der Waals surface area contributed by atoms with Gasteiger partial charge >= 0.3 is 0 Å².